The van der Waals surface area contributed by atoms with Gasteiger partial charge < -0.3 is 9.15 Å². The minimum atomic E-state index is 0.592. The van der Waals surface area contributed by atoms with Crippen LogP contribution in [-0.2, 0) is 11.2 Å². The van der Waals surface area contributed by atoms with Gasteiger partial charge in [0.1, 0.15) is 11.5 Å². The summed E-state index contributed by atoms with van der Waals surface area (Å²) in [6.07, 6.45) is 3.20. The summed E-state index contributed by atoms with van der Waals surface area (Å²) in [6, 6.07) is 4.21. The Bertz CT molecular complexity index is 259. The maximum absolute atomic E-state index is 5.72. The van der Waals surface area contributed by atoms with Gasteiger partial charge in [-0.15, -0.1) is 0 Å². The molecule has 0 N–H and O–H groups in total. The summed E-state index contributed by atoms with van der Waals surface area (Å²) >= 11 is 0. The van der Waals surface area contributed by atoms with Crippen molar-refractivity contribution in [3.8, 4) is 0 Å². The Hall–Kier alpha value is -0.760. The third-order valence-corrected chi connectivity index (χ3v) is 2.65. The first kappa shape index (κ1) is 8.82. The van der Waals surface area contributed by atoms with E-state index in [-0.39, 0.29) is 0 Å². The van der Waals surface area contributed by atoms with E-state index in [1.54, 1.807) is 0 Å². The lowest BCUT2D eigenvalue weighted by atomic mass is 9.98. The van der Waals surface area contributed by atoms with Gasteiger partial charge in [0, 0.05) is 25.6 Å². The Kier molecular flexibility index (Phi) is 2.69. The molecule has 0 spiro atoms. The van der Waals surface area contributed by atoms with Crippen molar-refractivity contribution in [3.05, 3.63) is 23.7 Å². The maximum Gasteiger partial charge on any atom is 0.107 e. The molecule has 1 aliphatic rings. The number of hydrogen-bond acceptors (Lipinski definition) is 2. The van der Waals surface area contributed by atoms with Gasteiger partial charge in [0.25, 0.3) is 0 Å². The van der Waals surface area contributed by atoms with E-state index >= 15 is 0 Å². The highest BCUT2D eigenvalue weighted by atomic mass is 16.5. The average molecular weight is 180 g/mol. The van der Waals surface area contributed by atoms with Gasteiger partial charge >= 0.3 is 0 Å². The van der Waals surface area contributed by atoms with E-state index in [4.69, 9.17) is 9.15 Å². The normalized spacial score (nSPS) is 19.2. The van der Waals surface area contributed by atoms with Crippen molar-refractivity contribution < 1.29 is 9.15 Å². The van der Waals surface area contributed by atoms with Crippen LogP contribution in [0.25, 0.3) is 0 Å². The van der Waals surface area contributed by atoms with Crippen LogP contribution in [0.1, 0.15) is 37.2 Å². The molecule has 0 aliphatic carbocycles. The van der Waals surface area contributed by atoms with Crippen molar-refractivity contribution in [2.24, 2.45) is 0 Å². The SMILES string of the molecule is CCc1ccc(C2CCOCC2)o1. The molecule has 0 radical (unpaired) electrons. The van der Waals surface area contributed by atoms with Crippen LogP contribution >= 0.6 is 0 Å². The van der Waals surface area contributed by atoms with Gasteiger partial charge in [-0.05, 0) is 25.0 Å². The molecular weight excluding hydrogens is 164 g/mol. The first-order valence-electron chi connectivity index (χ1n) is 5.06. The predicted octanol–water partition coefficient (Wildman–Crippen LogP) is 2.74. The lowest BCUT2D eigenvalue weighted by Crippen LogP contribution is -2.13. The van der Waals surface area contributed by atoms with Gasteiger partial charge in [0.05, 0.1) is 0 Å². The van der Waals surface area contributed by atoms with Crippen LogP contribution in [0.3, 0.4) is 0 Å². The van der Waals surface area contributed by atoms with Crippen molar-refractivity contribution in [2.45, 2.75) is 32.1 Å². The van der Waals surface area contributed by atoms with Crippen molar-refractivity contribution >= 4 is 0 Å². The van der Waals surface area contributed by atoms with E-state index in [0.29, 0.717) is 5.92 Å². The maximum atomic E-state index is 5.72. The molecule has 2 nitrogen and oxygen atoms in total. The lowest BCUT2D eigenvalue weighted by Gasteiger charge is -2.19. The van der Waals surface area contributed by atoms with Crippen molar-refractivity contribution in [2.75, 3.05) is 13.2 Å². The molecular formula is C11H16O2. The highest BCUT2D eigenvalue weighted by Gasteiger charge is 2.18. The Balaban J connectivity index is 2.05. The molecule has 72 valence electrons. The van der Waals surface area contributed by atoms with E-state index < -0.39 is 0 Å². The van der Waals surface area contributed by atoms with Crippen LogP contribution in [0.2, 0.25) is 0 Å². The minimum Gasteiger partial charge on any atom is -0.466 e. The molecule has 0 amide bonds. The summed E-state index contributed by atoms with van der Waals surface area (Å²) < 4.78 is 11.0. The summed E-state index contributed by atoms with van der Waals surface area (Å²) in [5.41, 5.74) is 0. The second kappa shape index (κ2) is 3.97. The van der Waals surface area contributed by atoms with Crippen LogP contribution in [0, 0.1) is 0 Å². The van der Waals surface area contributed by atoms with Gasteiger partial charge in [0.15, 0.2) is 0 Å². The molecule has 1 fully saturated rings. The summed E-state index contributed by atoms with van der Waals surface area (Å²) in [7, 11) is 0. The minimum absolute atomic E-state index is 0.592. The molecule has 1 saturated heterocycles. The van der Waals surface area contributed by atoms with E-state index in [9.17, 15) is 0 Å². The van der Waals surface area contributed by atoms with Crippen molar-refractivity contribution in [3.63, 3.8) is 0 Å². The number of ether oxygens (including phenoxy) is 1. The summed E-state index contributed by atoms with van der Waals surface area (Å²) in [5.74, 6) is 2.84. The monoisotopic (exact) mass is 180 g/mol. The fourth-order valence-electron chi connectivity index (χ4n) is 1.79. The number of hydrogen-bond donors (Lipinski definition) is 0. The average Bonchev–Trinajstić information content (AvgIpc) is 2.67. The number of furan rings is 1. The molecule has 0 saturated carbocycles. The molecule has 2 heterocycles. The molecule has 2 heteroatoms. The third-order valence-electron chi connectivity index (χ3n) is 2.65. The Morgan fingerprint density at radius 3 is 2.69 bits per heavy atom. The molecule has 1 aromatic rings. The largest absolute Gasteiger partial charge is 0.466 e. The standard InChI is InChI=1S/C11H16O2/c1-2-10-3-4-11(13-10)9-5-7-12-8-6-9/h3-4,9H,2,5-8H2,1H3. The fourth-order valence-corrected chi connectivity index (χ4v) is 1.79. The van der Waals surface area contributed by atoms with E-state index in [0.717, 1.165) is 44.0 Å². The van der Waals surface area contributed by atoms with Gasteiger partial charge in [-0.25, -0.2) is 0 Å². The van der Waals surface area contributed by atoms with Crippen molar-refractivity contribution in [1.82, 2.24) is 0 Å². The van der Waals surface area contributed by atoms with Crippen LogP contribution in [0.4, 0.5) is 0 Å². The van der Waals surface area contributed by atoms with Gasteiger partial charge in [-0.3, -0.25) is 0 Å². The Labute approximate surface area is 78.9 Å². The van der Waals surface area contributed by atoms with E-state index in [1.807, 2.05) is 0 Å². The molecule has 0 aromatic carbocycles. The lowest BCUT2D eigenvalue weighted by molar-refractivity contribution is 0.0804. The zero-order chi connectivity index (χ0) is 9.10. The third kappa shape index (κ3) is 1.94. The van der Waals surface area contributed by atoms with Gasteiger partial charge in [-0.1, -0.05) is 6.92 Å². The Morgan fingerprint density at radius 1 is 1.31 bits per heavy atom. The van der Waals surface area contributed by atoms with E-state index in [2.05, 4.69) is 19.1 Å². The highest BCUT2D eigenvalue weighted by molar-refractivity contribution is 5.11. The van der Waals surface area contributed by atoms with Crippen LogP contribution < -0.4 is 0 Å². The molecule has 0 unspecified atom stereocenters. The fraction of sp³-hybridized carbons (Fsp3) is 0.636. The second-order valence-electron chi connectivity index (χ2n) is 3.54. The van der Waals surface area contributed by atoms with Gasteiger partial charge in [-0.2, -0.15) is 0 Å². The molecule has 2 rings (SSSR count). The zero-order valence-electron chi connectivity index (χ0n) is 8.08. The molecule has 0 bridgehead atoms. The van der Waals surface area contributed by atoms with E-state index in [1.165, 1.54) is 0 Å². The highest BCUT2D eigenvalue weighted by Crippen LogP contribution is 2.28. The molecule has 0 atom stereocenters. The van der Waals surface area contributed by atoms with Crippen molar-refractivity contribution in [1.29, 1.82) is 0 Å². The van der Waals surface area contributed by atoms with Crippen LogP contribution in [0.5, 0.6) is 0 Å². The Morgan fingerprint density at radius 2 is 2.08 bits per heavy atom. The second-order valence-corrected chi connectivity index (χ2v) is 3.54. The summed E-state index contributed by atoms with van der Waals surface area (Å²) in [5, 5.41) is 0. The number of rotatable bonds is 2. The number of aryl methyl sites for hydroxylation is 1. The van der Waals surface area contributed by atoms with Crippen LogP contribution in [-0.4, -0.2) is 13.2 Å². The zero-order valence-corrected chi connectivity index (χ0v) is 8.08. The smallest absolute Gasteiger partial charge is 0.107 e. The summed E-state index contributed by atoms with van der Waals surface area (Å²) in [4.78, 5) is 0. The summed E-state index contributed by atoms with van der Waals surface area (Å²) in [6.45, 7) is 3.88. The topological polar surface area (TPSA) is 22.4 Å². The molecule has 1 aliphatic heterocycles. The predicted molar refractivity (Wildman–Crippen MR) is 50.9 cm³/mol. The quantitative estimate of drug-likeness (QED) is 0.698. The first-order chi connectivity index (χ1) is 6.40. The van der Waals surface area contributed by atoms with Crippen LogP contribution in [0.15, 0.2) is 16.5 Å². The molecule has 13 heavy (non-hydrogen) atoms. The molecule has 1 aromatic heterocycles. The first-order valence-corrected chi connectivity index (χ1v) is 5.06. The van der Waals surface area contributed by atoms with Gasteiger partial charge in [0.2, 0.25) is 0 Å².